The maximum atomic E-state index is 5.77. The third-order valence-corrected chi connectivity index (χ3v) is 2.97. The number of nitrogens with zero attached hydrogens (tertiary/aromatic N) is 2. The van der Waals surface area contributed by atoms with Crippen LogP contribution in [0.5, 0.6) is 5.75 Å². The number of hydrogen-bond donors (Lipinski definition) is 1. The summed E-state index contributed by atoms with van der Waals surface area (Å²) in [6.45, 7) is 3.57. The van der Waals surface area contributed by atoms with Gasteiger partial charge in [-0.15, -0.1) is 0 Å². The molecule has 0 aliphatic carbocycles. The van der Waals surface area contributed by atoms with Gasteiger partial charge in [-0.25, -0.2) is 0 Å². The Morgan fingerprint density at radius 3 is 3.00 bits per heavy atom. The zero-order chi connectivity index (χ0) is 12.3. The van der Waals surface area contributed by atoms with Crippen LogP contribution in [0.25, 0.3) is 0 Å². The summed E-state index contributed by atoms with van der Waals surface area (Å²) in [5.41, 5.74) is 6.97. The Kier molecular flexibility index (Phi) is 3.52. The molecule has 0 saturated heterocycles. The molecule has 0 amide bonds. The average Bonchev–Trinajstić information content (AvgIpc) is 2.68. The van der Waals surface area contributed by atoms with Gasteiger partial charge in [-0.2, -0.15) is 0 Å². The smallest absolute Gasteiger partial charge is 0.191 e. The van der Waals surface area contributed by atoms with Crippen LogP contribution in [0.15, 0.2) is 29.3 Å². The lowest BCUT2D eigenvalue weighted by Crippen LogP contribution is -2.32. The molecule has 0 bridgehead atoms. The predicted octanol–water partition coefficient (Wildman–Crippen LogP) is 1.78. The van der Waals surface area contributed by atoms with Crippen molar-refractivity contribution in [3.8, 4) is 5.75 Å². The number of rotatable bonds is 4. The number of aliphatic imine (C=N–C) groups is 1. The predicted molar refractivity (Wildman–Crippen MR) is 69.2 cm³/mol. The second-order valence-electron chi connectivity index (χ2n) is 4.25. The van der Waals surface area contributed by atoms with Gasteiger partial charge in [0.1, 0.15) is 5.75 Å². The van der Waals surface area contributed by atoms with Crippen LogP contribution in [0.4, 0.5) is 0 Å². The van der Waals surface area contributed by atoms with Gasteiger partial charge in [0.05, 0.1) is 19.2 Å². The van der Waals surface area contributed by atoms with E-state index in [0.29, 0.717) is 5.96 Å². The van der Waals surface area contributed by atoms with Gasteiger partial charge in [0.2, 0.25) is 0 Å². The molecule has 1 aromatic rings. The van der Waals surface area contributed by atoms with E-state index in [1.807, 2.05) is 24.1 Å². The van der Waals surface area contributed by atoms with Crippen molar-refractivity contribution < 1.29 is 4.74 Å². The molecule has 0 saturated carbocycles. The van der Waals surface area contributed by atoms with E-state index < -0.39 is 0 Å². The first kappa shape index (κ1) is 11.8. The number of hydrogen-bond acceptors (Lipinski definition) is 4. The molecule has 1 heterocycles. The van der Waals surface area contributed by atoms with Crippen LogP contribution in [-0.2, 0) is 0 Å². The van der Waals surface area contributed by atoms with E-state index in [0.717, 1.165) is 25.3 Å². The van der Waals surface area contributed by atoms with E-state index in [-0.39, 0.29) is 6.04 Å². The monoisotopic (exact) mass is 233 g/mol. The SMILES string of the molecule is CCCOc1cccc(C2CN=C(N)N2C)c1. The molecule has 1 aliphatic rings. The third kappa shape index (κ3) is 2.52. The molecule has 1 aliphatic heterocycles. The Hall–Kier alpha value is -1.71. The largest absolute Gasteiger partial charge is 0.494 e. The quantitative estimate of drug-likeness (QED) is 0.862. The van der Waals surface area contributed by atoms with Gasteiger partial charge in [-0.1, -0.05) is 19.1 Å². The zero-order valence-corrected chi connectivity index (χ0v) is 10.4. The van der Waals surface area contributed by atoms with Crippen molar-refractivity contribution in [2.75, 3.05) is 20.2 Å². The molecule has 17 heavy (non-hydrogen) atoms. The minimum atomic E-state index is 0.236. The van der Waals surface area contributed by atoms with Crippen LogP contribution in [0, 0.1) is 0 Å². The lowest BCUT2D eigenvalue weighted by molar-refractivity contribution is 0.316. The first-order chi connectivity index (χ1) is 8.22. The first-order valence-electron chi connectivity index (χ1n) is 5.98. The van der Waals surface area contributed by atoms with E-state index in [9.17, 15) is 0 Å². The Morgan fingerprint density at radius 1 is 1.53 bits per heavy atom. The van der Waals surface area contributed by atoms with Gasteiger partial charge >= 0.3 is 0 Å². The van der Waals surface area contributed by atoms with E-state index in [4.69, 9.17) is 10.5 Å². The molecule has 0 aromatic heterocycles. The fourth-order valence-corrected chi connectivity index (χ4v) is 1.93. The normalized spacial score (nSPS) is 19.3. The summed E-state index contributed by atoms with van der Waals surface area (Å²) >= 11 is 0. The van der Waals surface area contributed by atoms with Gasteiger partial charge in [-0.3, -0.25) is 4.99 Å². The van der Waals surface area contributed by atoms with Crippen molar-refractivity contribution in [3.05, 3.63) is 29.8 Å². The molecule has 1 unspecified atom stereocenters. The molecule has 2 N–H and O–H groups in total. The minimum Gasteiger partial charge on any atom is -0.494 e. The fraction of sp³-hybridized carbons (Fsp3) is 0.462. The van der Waals surface area contributed by atoms with Gasteiger partial charge in [-0.05, 0) is 24.1 Å². The van der Waals surface area contributed by atoms with Crippen molar-refractivity contribution in [2.45, 2.75) is 19.4 Å². The molecule has 0 fully saturated rings. The van der Waals surface area contributed by atoms with Crippen molar-refractivity contribution >= 4 is 5.96 Å². The second-order valence-corrected chi connectivity index (χ2v) is 4.25. The summed E-state index contributed by atoms with van der Waals surface area (Å²) in [4.78, 5) is 6.25. The van der Waals surface area contributed by atoms with E-state index in [1.165, 1.54) is 5.56 Å². The summed E-state index contributed by atoms with van der Waals surface area (Å²) in [5.74, 6) is 1.53. The Morgan fingerprint density at radius 2 is 2.35 bits per heavy atom. The molecule has 0 radical (unpaired) electrons. The highest BCUT2D eigenvalue weighted by Gasteiger charge is 2.23. The maximum absolute atomic E-state index is 5.77. The number of ether oxygens (including phenoxy) is 1. The van der Waals surface area contributed by atoms with Crippen LogP contribution in [0.3, 0.4) is 0 Å². The summed E-state index contributed by atoms with van der Waals surface area (Å²) in [7, 11) is 1.97. The third-order valence-electron chi connectivity index (χ3n) is 2.97. The highest BCUT2D eigenvalue weighted by Crippen LogP contribution is 2.26. The summed E-state index contributed by atoms with van der Waals surface area (Å²) < 4.78 is 5.63. The Labute approximate surface area is 102 Å². The van der Waals surface area contributed by atoms with E-state index in [1.54, 1.807) is 0 Å². The lowest BCUT2D eigenvalue weighted by Gasteiger charge is -2.22. The first-order valence-corrected chi connectivity index (χ1v) is 5.98. The zero-order valence-electron chi connectivity index (χ0n) is 10.4. The molecule has 2 rings (SSSR count). The summed E-state index contributed by atoms with van der Waals surface area (Å²) in [6.07, 6.45) is 1.02. The molecular weight excluding hydrogens is 214 g/mol. The summed E-state index contributed by atoms with van der Waals surface area (Å²) in [6, 6.07) is 8.40. The van der Waals surface area contributed by atoms with Gasteiger partial charge in [0, 0.05) is 7.05 Å². The van der Waals surface area contributed by atoms with Crippen LogP contribution < -0.4 is 10.5 Å². The maximum Gasteiger partial charge on any atom is 0.191 e. The summed E-state index contributed by atoms with van der Waals surface area (Å²) in [5, 5.41) is 0. The minimum absolute atomic E-state index is 0.236. The van der Waals surface area contributed by atoms with Crippen molar-refractivity contribution in [2.24, 2.45) is 10.7 Å². The standard InChI is InChI=1S/C13H19N3O/c1-3-7-17-11-6-4-5-10(8-11)12-9-15-13(14)16(12)2/h4-6,8,12H,3,7,9H2,1-2H3,(H2,14,15). The van der Waals surface area contributed by atoms with E-state index in [2.05, 4.69) is 24.0 Å². The number of nitrogens with two attached hydrogens (primary N) is 1. The highest BCUT2D eigenvalue weighted by molar-refractivity contribution is 5.80. The Bertz CT molecular complexity index is 417. The Balaban J connectivity index is 2.11. The number of guanidine groups is 1. The van der Waals surface area contributed by atoms with Crippen LogP contribution >= 0.6 is 0 Å². The molecule has 1 atom stereocenters. The molecule has 0 spiro atoms. The van der Waals surface area contributed by atoms with E-state index >= 15 is 0 Å². The molecule has 92 valence electrons. The average molecular weight is 233 g/mol. The van der Waals surface area contributed by atoms with Crippen molar-refractivity contribution in [1.29, 1.82) is 0 Å². The number of likely N-dealkylation sites (N-methyl/N-ethyl adjacent to an activating group) is 1. The van der Waals surface area contributed by atoms with Crippen LogP contribution in [0.1, 0.15) is 24.9 Å². The van der Waals surface area contributed by atoms with Gasteiger partial charge < -0.3 is 15.4 Å². The molecular formula is C13H19N3O. The molecule has 1 aromatic carbocycles. The fourth-order valence-electron chi connectivity index (χ4n) is 1.93. The van der Waals surface area contributed by atoms with Gasteiger partial charge in [0.15, 0.2) is 5.96 Å². The molecule has 4 heteroatoms. The van der Waals surface area contributed by atoms with Crippen molar-refractivity contribution in [1.82, 2.24) is 4.90 Å². The van der Waals surface area contributed by atoms with Crippen molar-refractivity contribution in [3.63, 3.8) is 0 Å². The highest BCUT2D eigenvalue weighted by atomic mass is 16.5. The van der Waals surface area contributed by atoms with Crippen LogP contribution in [0.2, 0.25) is 0 Å². The lowest BCUT2D eigenvalue weighted by atomic mass is 10.1. The molecule has 4 nitrogen and oxygen atoms in total. The topological polar surface area (TPSA) is 50.9 Å². The number of benzene rings is 1. The van der Waals surface area contributed by atoms with Gasteiger partial charge in [0.25, 0.3) is 0 Å². The second kappa shape index (κ2) is 5.08. The van der Waals surface area contributed by atoms with Crippen LogP contribution in [-0.4, -0.2) is 31.1 Å².